The predicted molar refractivity (Wildman–Crippen MR) is 179 cm³/mol. The largest absolute Gasteiger partial charge is 0.363 e. The first kappa shape index (κ1) is 29.2. The molecule has 0 amide bonds. The highest BCUT2D eigenvalue weighted by Gasteiger charge is 2.19. The molecule has 0 bridgehead atoms. The summed E-state index contributed by atoms with van der Waals surface area (Å²) >= 11 is 1.78. The number of aromatic nitrogens is 4. The zero-order valence-corrected chi connectivity index (χ0v) is 26.5. The fourth-order valence-corrected chi connectivity index (χ4v) is 6.47. The average molecular weight is 593 g/mol. The molecular weight excluding hydrogens is 552 g/mol. The molecule has 1 atom stereocenters. The van der Waals surface area contributed by atoms with Crippen molar-refractivity contribution in [1.82, 2.24) is 29.7 Å². The number of aryl methyl sites for hydroxylation is 2. The third-order valence-electron chi connectivity index (χ3n) is 8.14. The van der Waals surface area contributed by atoms with Gasteiger partial charge in [0.1, 0.15) is 11.6 Å². The van der Waals surface area contributed by atoms with Crippen LogP contribution in [0.25, 0.3) is 32.5 Å². The van der Waals surface area contributed by atoms with Crippen molar-refractivity contribution in [3.8, 4) is 22.4 Å². The second-order valence-electron chi connectivity index (χ2n) is 11.7. The number of hydrogen-bond donors (Lipinski definition) is 1. The van der Waals surface area contributed by atoms with Crippen molar-refractivity contribution >= 4 is 33.2 Å². The molecule has 222 valence electrons. The van der Waals surface area contributed by atoms with Gasteiger partial charge < -0.3 is 15.1 Å². The fourth-order valence-electron chi connectivity index (χ4n) is 5.54. The van der Waals surface area contributed by atoms with Crippen LogP contribution in [0.3, 0.4) is 0 Å². The number of likely N-dealkylation sites (N-methyl/N-ethyl adjacent to an activating group) is 1. The summed E-state index contributed by atoms with van der Waals surface area (Å²) < 4.78 is 1.30. The maximum absolute atomic E-state index is 4.75. The number of hydrogen-bond acceptors (Lipinski definition) is 9. The lowest BCUT2D eigenvalue weighted by atomic mass is 10.0. The molecule has 4 heterocycles. The molecule has 0 spiro atoms. The lowest BCUT2D eigenvalue weighted by Gasteiger charge is -2.35. The molecule has 1 saturated heterocycles. The molecule has 1 N–H and O–H groups in total. The van der Waals surface area contributed by atoms with E-state index in [1.54, 1.807) is 11.3 Å². The van der Waals surface area contributed by atoms with Crippen molar-refractivity contribution in [3.05, 3.63) is 83.3 Å². The maximum Gasteiger partial charge on any atom is 0.225 e. The lowest BCUT2D eigenvalue weighted by Crippen LogP contribution is -2.48. The van der Waals surface area contributed by atoms with Gasteiger partial charge in [0.15, 0.2) is 0 Å². The number of fused-ring (bicyclic) bond motifs is 1. The zero-order valence-electron chi connectivity index (χ0n) is 25.7. The minimum Gasteiger partial charge on any atom is -0.363 e. The highest BCUT2D eigenvalue weighted by molar-refractivity contribution is 7.17. The first-order valence-corrected chi connectivity index (χ1v) is 15.9. The van der Waals surface area contributed by atoms with Crippen molar-refractivity contribution < 1.29 is 0 Å². The topological polar surface area (TPSA) is 73.3 Å². The Balaban J connectivity index is 1.13. The molecule has 0 radical (unpaired) electrons. The van der Waals surface area contributed by atoms with Crippen LogP contribution in [0.15, 0.2) is 66.3 Å². The van der Waals surface area contributed by atoms with Crippen molar-refractivity contribution in [2.45, 2.75) is 26.8 Å². The Kier molecular flexibility index (Phi) is 8.65. The van der Waals surface area contributed by atoms with E-state index in [-0.39, 0.29) is 6.04 Å². The van der Waals surface area contributed by atoms with Crippen LogP contribution in [0.2, 0.25) is 0 Å². The van der Waals surface area contributed by atoms with E-state index in [0.29, 0.717) is 0 Å². The third-order valence-corrected chi connectivity index (χ3v) is 9.22. The molecule has 0 aliphatic carbocycles. The lowest BCUT2D eigenvalue weighted by molar-refractivity contribution is 0.228. The van der Waals surface area contributed by atoms with Crippen LogP contribution in [0.1, 0.15) is 29.9 Å². The summed E-state index contributed by atoms with van der Waals surface area (Å²) in [6, 6.07) is 17.2. The first-order chi connectivity index (χ1) is 20.8. The van der Waals surface area contributed by atoms with E-state index >= 15 is 0 Å². The monoisotopic (exact) mass is 592 g/mol. The molecule has 8 nitrogen and oxygen atoms in total. The number of nitrogens with one attached hydrogen (secondary N) is 1. The van der Waals surface area contributed by atoms with Gasteiger partial charge in [-0.3, -0.25) is 4.90 Å². The van der Waals surface area contributed by atoms with Gasteiger partial charge in [-0.15, -0.1) is 11.3 Å². The van der Waals surface area contributed by atoms with Crippen LogP contribution in [0.5, 0.6) is 0 Å². The van der Waals surface area contributed by atoms with Gasteiger partial charge >= 0.3 is 0 Å². The Morgan fingerprint density at radius 3 is 2.47 bits per heavy atom. The van der Waals surface area contributed by atoms with E-state index in [2.05, 4.69) is 95.8 Å². The van der Waals surface area contributed by atoms with Gasteiger partial charge in [0.05, 0.1) is 5.69 Å². The number of benzene rings is 2. The molecule has 6 rings (SSSR count). The summed E-state index contributed by atoms with van der Waals surface area (Å²) in [5.41, 5.74) is 6.62. The SMILES string of the molecule is Cc1nc(NC(C)c2cccc(-c3cnc(N4CCN(CCN(C)C)CC4)nc3)c2)cc(-c2ccc3scc(C)c3c2)n1. The highest BCUT2D eigenvalue weighted by Crippen LogP contribution is 2.31. The minimum absolute atomic E-state index is 0.0488. The summed E-state index contributed by atoms with van der Waals surface area (Å²) in [5, 5.41) is 7.10. The molecule has 1 unspecified atom stereocenters. The fraction of sp³-hybridized carbons (Fsp3) is 0.353. The Morgan fingerprint density at radius 1 is 0.907 bits per heavy atom. The van der Waals surface area contributed by atoms with E-state index in [4.69, 9.17) is 19.9 Å². The second-order valence-corrected chi connectivity index (χ2v) is 12.6. The van der Waals surface area contributed by atoms with Crippen molar-refractivity contribution in [2.24, 2.45) is 0 Å². The van der Waals surface area contributed by atoms with E-state index in [0.717, 1.165) is 79.2 Å². The maximum atomic E-state index is 4.75. The molecule has 3 aromatic heterocycles. The number of rotatable bonds is 9. The van der Waals surface area contributed by atoms with Gasteiger partial charge in [0, 0.05) is 79.6 Å². The molecule has 5 aromatic rings. The van der Waals surface area contributed by atoms with Crippen LogP contribution in [0.4, 0.5) is 11.8 Å². The summed E-state index contributed by atoms with van der Waals surface area (Å²) in [7, 11) is 4.25. The Labute approximate surface area is 258 Å². The summed E-state index contributed by atoms with van der Waals surface area (Å²) in [4.78, 5) is 26.0. The van der Waals surface area contributed by atoms with Crippen LogP contribution in [-0.4, -0.2) is 83.1 Å². The smallest absolute Gasteiger partial charge is 0.225 e. The van der Waals surface area contributed by atoms with Crippen molar-refractivity contribution in [1.29, 1.82) is 0 Å². The molecule has 1 aliphatic heterocycles. The molecule has 43 heavy (non-hydrogen) atoms. The van der Waals surface area contributed by atoms with E-state index < -0.39 is 0 Å². The Bertz CT molecular complexity index is 1690. The quantitative estimate of drug-likeness (QED) is 0.214. The van der Waals surface area contributed by atoms with Crippen molar-refractivity contribution in [3.63, 3.8) is 0 Å². The van der Waals surface area contributed by atoms with Crippen LogP contribution in [-0.2, 0) is 0 Å². The second kappa shape index (κ2) is 12.8. The Morgan fingerprint density at radius 2 is 1.70 bits per heavy atom. The Hall–Kier alpha value is -3.92. The van der Waals surface area contributed by atoms with E-state index in [9.17, 15) is 0 Å². The minimum atomic E-state index is 0.0488. The van der Waals surface area contributed by atoms with Gasteiger partial charge in [-0.05, 0) is 80.5 Å². The van der Waals surface area contributed by atoms with Crippen LogP contribution < -0.4 is 10.2 Å². The zero-order chi connectivity index (χ0) is 29.9. The normalized spacial score (nSPS) is 14.9. The predicted octanol–water partition coefficient (Wildman–Crippen LogP) is 6.29. The number of piperazine rings is 1. The number of anilines is 2. The number of nitrogens with zero attached hydrogens (tertiary/aromatic N) is 7. The number of thiophene rings is 1. The molecule has 9 heteroatoms. The molecule has 0 saturated carbocycles. The van der Waals surface area contributed by atoms with Gasteiger partial charge in [0.2, 0.25) is 5.95 Å². The highest BCUT2D eigenvalue weighted by atomic mass is 32.1. The summed E-state index contributed by atoms with van der Waals surface area (Å²) in [5.74, 6) is 2.37. The van der Waals surface area contributed by atoms with Crippen molar-refractivity contribution in [2.75, 3.05) is 63.6 Å². The van der Waals surface area contributed by atoms with E-state index in [1.165, 1.54) is 21.2 Å². The van der Waals surface area contributed by atoms with Crippen LogP contribution in [0, 0.1) is 13.8 Å². The van der Waals surface area contributed by atoms with Gasteiger partial charge in [-0.25, -0.2) is 19.9 Å². The molecular formula is C34H40N8S. The van der Waals surface area contributed by atoms with E-state index in [1.807, 2.05) is 25.4 Å². The summed E-state index contributed by atoms with van der Waals surface area (Å²) in [6.07, 6.45) is 3.90. The van der Waals surface area contributed by atoms with Gasteiger partial charge in [-0.2, -0.15) is 0 Å². The first-order valence-electron chi connectivity index (χ1n) is 15.0. The third kappa shape index (κ3) is 6.85. The average Bonchev–Trinajstić information content (AvgIpc) is 3.40. The standard InChI is InChI=1S/C34H40N8S/c1-23-22-43-32-10-9-28(18-30(23)32)31-19-33(39-25(3)38-31)37-24(2)26-7-6-8-27(17-26)29-20-35-34(36-21-29)42-15-13-41(14-16-42)12-11-40(4)5/h6-10,17-22,24H,11-16H2,1-5H3,(H,37,38,39). The molecule has 2 aromatic carbocycles. The summed E-state index contributed by atoms with van der Waals surface area (Å²) in [6.45, 7) is 12.5. The molecule has 1 aliphatic rings. The van der Waals surface area contributed by atoms with Crippen LogP contribution >= 0.6 is 11.3 Å². The van der Waals surface area contributed by atoms with Gasteiger partial charge in [-0.1, -0.05) is 24.3 Å². The molecule has 1 fully saturated rings. The van der Waals surface area contributed by atoms with Gasteiger partial charge in [0.25, 0.3) is 0 Å².